The van der Waals surface area contributed by atoms with E-state index in [-0.39, 0.29) is 18.7 Å². The van der Waals surface area contributed by atoms with Crippen molar-refractivity contribution in [2.45, 2.75) is 31.8 Å². The Morgan fingerprint density at radius 3 is 2.10 bits per heavy atom. The first-order valence-corrected chi connectivity index (χ1v) is 7.29. The minimum Gasteiger partial charge on any atom is -0.395 e. The van der Waals surface area contributed by atoms with Crippen LogP contribution in [0.3, 0.4) is 0 Å². The van der Waals surface area contributed by atoms with Crippen molar-refractivity contribution in [3.63, 3.8) is 0 Å². The van der Waals surface area contributed by atoms with Gasteiger partial charge < -0.3 is 10.4 Å². The van der Waals surface area contributed by atoms with Gasteiger partial charge in [-0.15, -0.1) is 0 Å². The Morgan fingerprint density at radius 2 is 1.55 bits per heavy atom. The zero-order valence-electron chi connectivity index (χ0n) is 12.0. The monoisotopic (exact) mass is 269 g/mol. The molecule has 106 valence electrons. The van der Waals surface area contributed by atoms with Crippen molar-refractivity contribution in [3.8, 4) is 0 Å². The van der Waals surface area contributed by atoms with Gasteiger partial charge in [0.25, 0.3) is 0 Å². The van der Waals surface area contributed by atoms with E-state index in [2.05, 4.69) is 60.8 Å². The minimum absolute atomic E-state index is 0.143. The molecular formula is C18H23NO. The molecule has 2 nitrogen and oxygen atoms in total. The Kier molecular flexibility index (Phi) is 5.78. The maximum absolute atomic E-state index is 9.43. The van der Waals surface area contributed by atoms with Crippen LogP contribution in [0, 0.1) is 0 Å². The third-order valence-corrected chi connectivity index (χ3v) is 3.63. The van der Waals surface area contributed by atoms with E-state index in [1.165, 1.54) is 11.1 Å². The molecule has 2 atom stereocenters. The van der Waals surface area contributed by atoms with Crippen molar-refractivity contribution in [1.29, 1.82) is 0 Å². The van der Waals surface area contributed by atoms with Crippen LogP contribution in [0.4, 0.5) is 0 Å². The van der Waals surface area contributed by atoms with Crippen LogP contribution in [-0.2, 0) is 6.42 Å². The first kappa shape index (κ1) is 14.8. The number of aliphatic hydroxyl groups excluding tert-OH is 1. The Balaban J connectivity index is 2.16. The molecule has 0 spiro atoms. The highest BCUT2D eigenvalue weighted by Gasteiger charge is 2.15. The van der Waals surface area contributed by atoms with E-state index < -0.39 is 0 Å². The Hall–Kier alpha value is -1.64. The molecule has 2 aromatic rings. The van der Waals surface area contributed by atoms with Gasteiger partial charge in [0.05, 0.1) is 6.61 Å². The lowest BCUT2D eigenvalue weighted by molar-refractivity contribution is 0.227. The van der Waals surface area contributed by atoms with Crippen LogP contribution in [0.5, 0.6) is 0 Å². The molecule has 2 unspecified atom stereocenters. The van der Waals surface area contributed by atoms with Crippen LogP contribution in [0.1, 0.15) is 30.5 Å². The van der Waals surface area contributed by atoms with Crippen LogP contribution < -0.4 is 5.32 Å². The van der Waals surface area contributed by atoms with Gasteiger partial charge in [-0.05, 0) is 24.0 Å². The van der Waals surface area contributed by atoms with E-state index in [0.717, 1.165) is 12.8 Å². The van der Waals surface area contributed by atoms with Gasteiger partial charge in [-0.25, -0.2) is 0 Å². The second-order valence-electron chi connectivity index (χ2n) is 5.11. The lowest BCUT2D eigenvalue weighted by Crippen LogP contribution is -2.36. The van der Waals surface area contributed by atoms with Gasteiger partial charge in [-0.3, -0.25) is 0 Å². The van der Waals surface area contributed by atoms with E-state index in [9.17, 15) is 5.11 Å². The molecule has 0 heterocycles. The van der Waals surface area contributed by atoms with Crippen molar-refractivity contribution in [2.24, 2.45) is 0 Å². The van der Waals surface area contributed by atoms with Crippen molar-refractivity contribution in [2.75, 3.05) is 6.61 Å². The molecule has 2 heteroatoms. The van der Waals surface area contributed by atoms with Gasteiger partial charge in [0.15, 0.2) is 0 Å². The summed E-state index contributed by atoms with van der Waals surface area (Å²) in [5, 5.41) is 13.0. The summed E-state index contributed by atoms with van der Waals surface area (Å²) in [5.41, 5.74) is 2.57. The van der Waals surface area contributed by atoms with Gasteiger partial charge in [-0.1, -0.05) is 67.6 Å². The highest BCUT2D eigenvalue weighted by atomic mass is 16.3. The fourth-order valence-electron chi connectivity index (χ4n) is 2.39. The highest BCUT2D eigenvalue weighted by Crippen LogP contribution is 2.19. The number of rotatable bonds is 7. The standard InChI is InChI=1S/C18H23NO/c1-2-17(14-20)19-18(16-11-7-4-8-12-16)13-15-9-5-3-6-10-15/h3-12,17-20H,2,13-14H2,1H3. The van der Waals surface area contributed by atoms with Crippen LogP contribution in [0.25, 0.3) is 0 Å². The summed E-state index contributed by atoms with van der Waals surface area (Å²) in [6.45, 7) is 2.27. The van der Waals surface area contributed by atoms with Crippen molar-refractivity contribution in [1.82, 2.24) is 5.32 Å². The second-order valence-corrected chi connectivity index (χ2v) is 5.11. The minimum atomic E-state index is 0.143. The Bertz CT molecular complexity index is 479. The molecule has 0 aliphatic rings. The quantitative estimate of drug-likeness (QED) is 0.808. The van der Waals surface area contributed by atoms with Crippen LogP contribution in [-0.4, -0.2) is 17.8 Å². The highest BCUT2D eigenvalue weighted by molar-refractivity contribution is 5.23. The first-order valence-electron chi connectivity index (χ1n) is 7.29. The smallest absolute Gasteiger partial charge is 0.0584 e. The Morgan fingerprint density at radius 1 is 0.950 bits per heavy atom. The molecule has 0 saturated carbocycles. The topological polar surface area (TPSA) is 32.3 Å². The fraction of sp³-hybridized carbons (Fsp3) is 0.333. The third kappa shape index (κ3) is 4.19. The first-order chi connectivity index (χ1) is 9.83. The van der Waals surface area contributed by atoms with Crippen LogP contribution >= 0.6 is 0 Å². The molecule has 2 N–H and O–H groups in total. The molecule has 0 aliphatic heterocycles. The van der Waals surface area contributed by atoms with E-state index in [0.29, 0.717) is 0 Å². The van der Waals surface area contributed by atoms with Gasteiger partial charge in [0.1, 0.15) is 0 Å². The van der Waals surface area contributed by atoms with Crippen molar-refractivity contribution < 1.29 is 5.11 Å². The molecule has 20 heavy (non-hydrogen) atoms. The van der Waals surface area contributed by atoms with Crippen molar-refractivity contribution >= 4 is 0 Å². The van der Waals surface area contributed by atoms with Gasteiger partial charge in [0, 0.05) is 12.1 Å². The summed E-state index contributed by atoms with van der Waals surface area (Å²) >= 11 is 0. The van der Waals surface area contributed by atoms with Crippen LogP contribution in [0.15, 0.2) is 60.7 Å². The summed E-state index contributed by atoms with van der Waals surface area (Å²) < 4.78 is 0. The van der Waals surface area contributed by atoms with Gasteiger partial charge >= 0.3 is 0 Å². The number of benzene rings is 2. The predicted molar refractivity (Wildman–Crippen MR) is 83.6 cm³/mol. The second kappa shape index (κ2) is 7.83. The average molecular weight is 269 g/mol. The molecule has 0 amide bonds. The molecule has 0 aliphatic carbocycles. The summed E-state index contributed by atoms with van der Waals surface area (Å²) in [7, 11) is 0. The summed E-state index contributed by atoms with van der Waals surface area (Å²) in [4.78, 5) is 0. The molecule has 0 fully saturated rings. The zero-order chi connectivity index (χ0) is 14.2. The van der Waals surface area contributed by atoms with E-state index >= 15 is 0 Å². The zero-order valence-corrected chi connectivity index (χ0v) is 12.0. The molecule has 0 radical (unpaired) electrons. The molecule has 0 saturated heterocycles. The number of hydrogen-bond donors (Lipinski definition) is 2. The predicted octanol–water partition coefficient (Wildman–Crippen LogP) is 3.33. The lowest BCUT2D eigenvalue weighted by atomic mass is 9.98. The normalized spacial score (nSPS) is 13.9. The summed E-state index contributed by atoms with van der Waals surface area (Å²) in [5.74, 6) is 0. The van der Waals surface area contributed by atoms with Gasteiger partial charge in [-0.2, -0.15) is 0 Å². The summed E-state index contributed by atoms with van der Waals surface area (Å²) in [6, 6.07) is 21.3. The van der Waals surface area contributed by atoms with Gasteiger partial charge in [0.2, 0.25) is 0 Å². The lowest BCUT2D eigenvalue weighted by Gasteiger charge is -2.24. The SMILES string of the molecule is CCC(CO)NC(Cc1ccccc1)c1ccccc1. The largest absolute Gasteiger partial charge is 0.395 e. The molecule has 2 aromatic carbocycles. The van der Waals surface area contributed by atoms with E-state index in [1.54, 1.807) is 0 Å². The number of aliphatic hydroxyl groups is 1. The number of nitrogens with one attached hydrogen (secondary N) is 1. The molecular weight excluding hydrogens is 246 g/mol. The molecule has 0 bridgehead atoms. The van der Waals surface area contributed by atoms with Crippen molar-refractivity contribution in [3.05, 3.63) is 71.8 Å². The summed E-state index contributed by atoms with van der Waals surface area (Å²) in [6.07, 6.45) is 1.86. The van der Waals surface area contributed by atoms with Crippen LogP contribution in [0.2, 0.25) is 0 Å². The third-order valence-electron chi connectivity index (χ3n) is 3.63. The molecule has 0 aromatic heterocycles. The number of hydrogen-bond acceptors (Lipinski definition) is 2. The fourth-order valence-corrected chi connectivity index (χ4v) is 2.39. The maximum Gasteiger partial charge on any atom is 0.0584 e. The van der Waals surface area contributed by atoms with E-state index in [1.807, 2.05) is 12.1 Å². The van der Waals surface area contributed by atoms with E-state index in [4.69, 9.17) is 0 Å². The Labute approximate surface area is 121 Å². The molecule has 2 rings (SSSR count). The average Bonchev–Trinajstić information content (AvgIpc) is 2.53. The maximum atomic E-state index is 9.43.